The van der Waals surface area contributed by atoms with E-state index >= 15 is 0 Å². The summed E-state index contributed by atoms with van der Waals surface area (Å²) in [4.78, 5) is 13.6. The van der Waals surface area contributed by atoms with Gasteiger partial charge in [0.15, 0.2) is 0 Å². The highest BCUT2D eigenvalue weighted by Gasteiger charge is 2.42. The first-order valence-electron chi connectivity index (χ1n) is 8.00. The summed E-state index contributed by atoms with van der Waals surface area (Å²) in [6.45, 7) is 1.89. The fourth-order valence-corrected chi connectivity index (χ4v) is 3.12. The van der Waals surface area contributed by atoms with Crippen LogP contribution in [-0.4, -0.2) is 18.3 Å². The van der Waals surface area contributed by atoms with E-state index in [0.717, 1.165) is 21.6 Å². The summed E-state index contributed by atoms with van der Waals surface area (Å²) in [5, 5.41) is 0. The average molecular weight is 349 g/mol. The summed E-state index contributed by atoms with van der Waals surface area (Å²) < 4.78 is 44.0. The number of rotatable bonds is 3. The summed E-state index contributed by atoms with van der Waals surface area (Å²) in [5.41, 5.74) is 2.97. The Morgan fingerprint density at radius 1 is 1.20 bits per heavy atom. The second-order valence-electron chi connectivity index (χ2n) is 6.22. The molecule has 0 saturated carbocycles. The van der Waals surface area contributed by atoms with Crippen molar-refractivity contribution < 1.29 is 22.7 Å². The molecule has 1 unspecified atom stereocenters. The Bertz CT molecular complexity index is 759. The van der Waals surface area contributed by atoms with Gasteiger partial charge in [-0.05, 0) is 30.5 Å². The van der Waals surface area contributed by atoms with Crippen molar-refractivity contribution in [2.45, 2.75) is 38.6 Å². The number of hydrogen-bond acceptors (Lipinski definition) is 2. The number of fused-ring (bicyclic) bond motifs is 1. The van der Waals surface area contributed by atoms with Gasteiger partial charge in [0, 0.05) is 0 Å². The molecule has 0 saturated heterocycles. The first kappa shape index (κ1) is 17.3. The van der Waals surface area contributed by atoms with Gasteiger partial charge >= 0.3 is 12.3 Å². The summed E-state index contributed by atoms with van der Waals surface area (Å²) in [7, 11) is 0. The minimum Gasteiger partial charge on any atom is -0.444 e. The molecule has 1 amide bonds. The highest BCUT2D eigenvalue weighted by molar-refractivity contribution is 5.91. The molecule has 3 nitrogen and oxygen atoms in total. The molecule has 6 heteroatoms. The molecule has 1 atom stereocenters. The van der Waals surface area contributed by atoms with Crippen molar-refractivity contribution in [3.05, 3.63) is 65.2 Å². The van der Waals surface area contributed by atoms with E-state index in [-0.39, 0.29) is 13.0 Å². The molecule has 0 fully saturated rings. The first-order valence-corrected chi connectivity index (χ1v) is 8.00. The molecule has 1 heterocycles. The van der Waals surface area contributed by atoms with Gasteiger partial charge in [0.2, 0.25) is 0 Å². The molecule has 2 aromatic rings. The molecular formula is C19H18F3NO2. The van der Waals surface area contributed by atoms with E-state index in [1.165, 1.54) is 0 Å². The van der Waals surface area contributed by atoms with Crippen LogP contribution in [-0.2, 0) is 17.8 Å². The number of nitrogens with zero attached hydrogens (tertiary/aromatic N) is 1. The predicted octanol–water partition coefficient (Wildman–Crippen LogP) is 5.02. The van der Waals surface area contributed by atoms with E-state index in [4.69, 9.17) is 4.74 Å². The lowest BCUT2D eigenvalue weighted by Gasteiger charge is -2.25. The second kappa shape index (κ2) is 6.78. The molecule has 1 aliphatic heterocycles. The van der Waals surface area contributed by atoms with Crippen LogP contribution in [0, 0.1) is 6.92 Å². The topological polar surface area (TPSA) is 29.5 Å². The van der Waals surface area contributed by atoms with Crippen LogP contribution in [0.3, 0.4) is 0 Å². The Morgan fingerprint density at radius 2 is 1.92 bits per heavy atom. The Morgan fingerprint density at radius 3 is 2.60 bits per heavy atom. The molecule has 2 aromatic carbocycles. The van der Waals surface area contributed by atoms with Crippen LogP contribution in [0.25, 0.3) is 0 Å². The van der Waals surface area contributed by atoms with Crippen LogP contribution in [0.5, 0.6) is 0 Å². The number of benzene rings is 2. The van der Waals surface area contributed by atoms with Crippen molar-refractivity contribution in [2.24, 2.45) is 0 Å². The number of carbonyl (C=O) groups excluding carboxylic acids is 1. The zero-order valence-corrected chi connectivity index (χ0v) is 13.7. The van der Waals surface area contributed by atoms with E-state index in [9.17, 15) is 18.0 Å². The summed E-state index contributed by atoms with van der Waals surface area (Å²) in [6, 6.07) is 13.4. The van der Waals surface area contributed by atoms with E-state index in [1.807, 2.05) is 31.2 Å². The van der Waals surface area contributed by atoms with Gasteiger partial charge in [-0.25, -0.2) is 4.79 Å². The Balaban J connectivity index is 1.80. The number of aryl methyl sites for hydroxylation is 1. The Labute approximate surface area is 144 Å². The van der Waals surface area contributed by atoms with E-state index < -0.39 is 24.7 Å². The maximum atomic E-state index is 12.9. The normalized spacial score (nSPS) is 16.6. The smallest absolute Gasteiger partial charge is 0.414 e. The lowest BCUT2D eigenvalue weighted by molar-refractivity contribution is -0.137. The number of amides is 1. The molecule has 0 aromatic heterocycles. The lowest BCUT2D eigenvalue weighted by atomic mass is 10.1. The molecular weight excluding hydrogens is 331 g/mol. The zero-order chi connectivity index (χ0) is 18.0. The van der Waals surface area contributed by atoms with Crippen molar-refractivity contribution in [3.63, 3.8) is 0 Å². The Hall–Kier alpha value is -2.50. The van der Waals surface area contributed by atoms with Crippen LogP contribution in [0.2, 0.25) is 0 Å². The largest absolute Gasteiger partial charge is 0.444 e. The van der Waals surface area contributed by atoms with Crippen molar-refractivity contribution in [2.75, 3.05) is 4.90 Å². The predicted molar refractivity (Wildman–Crippen MR) is 88.4 cm³/mol. The van der Waals surface area contributed by atoms with Crippen molar-refractivity contribution in [1.29, 1.82) is 0 Å². The van der Waals surface area contributed by atoms with Crippen LogP contribution in [0.1, 0.15) is 23.1 Å². The zero-order valence-electron chi connectivity index (χ0n) is 13.7. The minimum absolute atomic E-state index is 0.0239. The van der Waals surface area contributed by atoms with E-state index in [2.05, 4.69) is 0 Å². The highest BCUT2D eigenvalue weighted by atomic mass is 19.4. The minimum atomic E-state index is -4.35. The highest BCUT2D eigenvalue weighted by Crippen LogP contribution is 2.38. The Kier molecular flexibility index (Phi) is 4.70. The van der Waals surface area contributed by atoms with Gasteiger partial charge in [-0.1, -0.05) is 48.0 Å². The van der Waals surface area contributed by atoms with Crippen LogP contribution in [0.15, 0.2) is 48.5 Å². The van der Waals surface area contributed by atoms with Gasteiger partial charge in [0.25, 0.3) is 0 Å². The third kappa shape index (κ3) is 4.13. The molecule has 0 aliphatic carbocycles. The molecule has 0 spiro atoms. The standard InChI is InChI=1S/C19H18F3NO2/c1-13-7-8-17-15(9-13)10-16(11-19(20,21)22)23(17)18(24)25-12-14-5-3-2-4-6-14/h2-9,16H,10-12H2,1H3. The van der Waals surface area contributed by atoms with Gasteiger partial charge in [-0.2, -0.15) is 13.2 Å². The molecule has 0 radical (unpaired) electrons. The maximum Gasteiger partial charge on any atom is 0.414 e. The molecule has 1 aliphatic rings. The third-order valence-corrected chi connectivity index (χ3v) is 4.18. The number of halogens is 3. The van der Waals surface area contributed by atoms with Crippen LogP contribution >= 0.6 is 0 Å². The quantitative estimate of drug-likeness (QED) is 0.779. The third-order valence-electron chi connectivity index (χ3n) is 4.18. The fourth-order valence-electron chi connectivity index (χ4n) is 3.12. The van der Waals surface area contributed by atoms with Crippen molar-refractivity contribution >= 4 is 11.8 Å². The number of hydrogen-bond donors (Lipinski definition) is 0. The van der Waals surface area contributed by atoms with Gasteiger partial charge in [0.05, 0.1) is 18.2 Å². The number of carbonyl (C=O) groups is 1. The monoisotopic (exact) mass is 349 g/mol. The van der Waals surface area contributed by atoms with Gasteiger partial charge in [-0.15, -0.1) is 0 Å². The molecule has 132 valence electrons. The maximum absolute atomic E-state index is 12.9. The van der Waals surface area contributed by atoms with Crippen LogP contribution < -0.4 is 4.90 Å². The fraction of sp³-hybridized carbons (Fsp3) is 0.316. The van der Waals surface area contributed by atoms with Gasteiger partial charge < -0.3 is 4.74 Å². The SMILES string of the molecule is Cc1ccc2c(c1)CC(CC(F)(F)F)N2C(=O)OCc1ccccc1. The molecule has 25 heavy (non-hydrogen) atoms. The molecule has 0 N–H and O–H groups in total. The van der Waals surface area contributed by atoms with Crippen molar-refractivity contribution in [3.8, 4) is 0 Å². The first-order chi connectivity index (χ1) is 11.8. The van der Waals surface area contributed by atoms with Gasteiger partial charge in [-0.3, -0.25) is 4.90 Å². The number of ether oxygens (including phenoxy) is 1. The van der Waals surface area contributed by atoms with E-state index in [0.29, 0.717) is 5.69 Å². The second-order valence-corrected chi connectivity index (χ2v) is 6.22. The number of anilines is 1. The molecule has 0 bridgehead atoms. The van der Waals surface area contributed by atoms with E-state index in [1.54, 1.807) is 24.3 Å². The molecule has 3 rings (SSSR count). The van der Waals surface area contributed by atoms with Crippen molar-refractivity contribution in [1.82, 2.24) is 0 Å². The van der Waals surface area contributed by atoms with Gasteiger partial charge in [0.1, 0.15) is 6.61 Å². The summed E-state index contributed by atoms with van der Waals surface area (Å²) >= 11 is 0. The summed E-state index contributed by atoms with van der Waals surface area (Å²) in [5.74, 6) is 0. The number of alkyl halides is 3. The summed E-state index contributed by atoms with van der Waals surface area (Å²) in [6.07, 6.45) is -5.97. The average Bonchev–Trinajstić information content (AvgIpc) is 2.88. The lowest BCUT2D eigenvalue weighted by Crippen LogP contribution is -2.40. The van der Waals surface area contributed by atoms with Crippen LogP contribution in [0.4, 0.5) is 23.7 Å².